The first kappa shape index (κ1) is 11.7. The summed E-state index contributed by atoms with van der Waals surface area (Å²) < 4.78 is 5.42. The first-order valence-corrected chi connectivity index (χ1v) is 4.98. The monoisotopic (exact) mass is 211 g/mol. The molecule has 84 valence electrons. The quantitative estimate of drug-likeness (QED) is 0.762. The summed E-state index contributed by atoms with van der Waals surface area (Å²) in [6.07, 6.45) is 1.52. The predicted molar refractivity (Wildman–Crippen MR) is 58.0 cm³/mol. The molecule has 1 rings (SSSR count). The summed E-state index contributed by atoms with van der Waals surface area (Å²) in [5, 5.41) is 11.9. The molecule has 0 saturated carbocycles. The Morgan fingerprint density at radius 2 is 2.13 bits per heavy atom. The number of aromatic nitrogens is 2. The molecule has 0 aliphatic rings. The van der Waals surface area contributed by atoms with Gasteiger partial charge in [0.25, 0.3) is 0 Å². The van der Waals surface area contributed by atoms with E-state index in [4.69, 9.17) is 9.84 Å². The van der Waals surface area contributed by atoms with Crippen LogP contribution in [0, 0.1) is 0 Å². The Bertz CT molecular complexity index is 304. The molecule has 0 radical (unpaired) electrons. The molecule has 0 fully saturated rings. The van der Waals surface area contributed by atoms with E-state index in [0.29, 0.717) is 11.7 Å². The number of aliphatic hydroxyl groups is 1. The van der Waals surface area contributed by atoms with Gasteiger partial charge in [0.15, 0.2) is 0 Å². The molecule has 0 aliphatic carbocycles. The van der Waals surface area contributed by atoms with Crippen LogP contribution in [-0.4, -0.2) is 33.8 Å². The average Bonchev–Trinajstić information content (AvgIpc) is 2.17. The van der Waals surface area contributed by atoms with Crippen LogP contribution < -0.4 is 10.1 Å². The molecule has 0 aromatic carbocycles. The van der Waals surface area contributed by atoms with E-state index in [2.05, 4.69) is 15.3 Å². The van der Waals surface area contributed by atoms with Gasteiger partial charge in [-0.05, 0) is 20.8 Å². The van der Waals surface area contributed by atoms with Crippen molar-refractivity contribution in [1.29, 1.82) is 0 Å². The fourth-order valence-electron chi connectivity index (χ4n) is 1.02. The van der Waals surface area contributed by atoms with E-state index >= 15 is 0 Å². The number of hydrogen-bond donors (Lipinski definition) is 2. The van der Waals surface area contributed by atoms with Crippen LogP contribution in [0.25, 0.3) is 0 Å². The van der Waals surface area contributed by atoms with Gasteiger partial charge in [0, 0.05) is 12.1 Å². The molecule has 0 bridgehead atoms. The maximum absolute atomic E-state index is 8.87. The molecule has 1 unspecified atom stereocenters. The molecule has 0 spiro atoms. The van der Waals surface area contributed by atoms with Crippen molar-refractivity contribution in [3.05, 3.63) is 12.4 Å². The molecule has 5 nitrogen and oxygen atoms in total. The third-order valence-corrected chi connectivity index (χ3v) is 1.67. The lowest BCUT2D eigenvalue weighted by Crippen LogP contribution is -2.20. The zero-order valence-corrected chi connectivity index (χ0v) is 9.27. The van der Waals surface area contributed by atoms with Gasteiger partial charge in [0.1, 0.15) is 12.1 Å². The van der Waals surface area contributed by atoms with Gasteiger partial charge in [-0.25, -0.2) is 9.97 Å². The van der Waals surface area contributed by atoms with Crippen molar-refractivity contribution in [2.45, 2.75) is 32.9 Å². The van der Waals surface area contributed by atoms with E-state index in [1.165, 1.54) is 6.33 Å². The highest BCUT2D eigenvalue weighted by Gasteiger charge is 2.04. The van der Waals surface area contributed by atoms with Crippen molar-refractivity contribution < 1.29 is 9.84 Å². The second-order valence-corrected chi connectivity index (χ2v) is 3.64. The Balaban J connectivity index is 2.65. The van der Waals surface area contributed by atoms with Gasteiger partial charge in [-0.1, -0.05) is 0 Å². The van der Waals surface area contributed by atoms with E-state index in [-0.39, 0.29) is 18.8 Å². The molecular formula is C10H17N3O2. The average molecular weight is 211 g/mol. The van der Waals surface area contributed by atoms with Crippen molar-refractivity contribution in [2.75, 3.05) is 11.9 Å². The molecule has 1 atom stereocenters. The third-order valence-electron chi connectivity index (χ3n) is 1.67. The Morgan fingerprint density at radius 3 is 2.73 bits per heavy atom. The summed E-state index contributed by atoms with van der Waals surface area (Å²) in [5.41, 5.74) is 0. The number of anilines is 1. The summed E-state index contributed by atoms with van der Waals surface area (Å²) in [6.45, 7) is 5.80. The van der Waals surface area contributed by atoms with Crippen molar-refractivity contribution in [1.82, 2.24) is 9.97 Å². The molecular weight excluding hydrogens is 194 g/mol. The first-order valence-electron chi connectivity index (χ1n) is 4.98. The smallest absolute Gasteiger partial charge is 0.218 e. The minimum atomic E-state index is -0.0354. The first-order chi connectivity index (χ1) is 7.11. The Labute approximate surface area is 89.5 Å². The number of nitrogens with zero attached hydrogens (tertiary/aromatic N) is 2. The van der Waals surface area contributed by atoms with Crippen molar-refractivity contribution in [3.63, 3.8) is 0 Å². The largest absolute Gasteiger partial charge is 0.475 e. The Kier molecular flexibility index (Phi) is 4.30. The summed E-state index contributed by atoms with van der Waals surface area (Å²) in [4.78, 5) is 8.00. The SMILES string of the molecule is CC(CO)Nc1cc(OC(C)C)ncn1. The maximum atomic E-state index is 8.87. The fraction of sp³-hybridized carbons (Fsp3) is 0.600. The summed E-state index contributed by atoms with van der Waals surface area (Å²) in [7, 11) is 0. The van der Waals surface area contributed by atoms with Gasteiger partial charge in [-0.3, -0.25) is 0 Å². The normalized spacial score (nSPS) is 12.6. The van der Waals surface area contributed by atoms with Crippen LogP contribution in [0.1, 0.15) is 20.8 Å². The molecule has 1 aromatic heterocycles. The molecule has 0 amide bonds. The number of aliphatic hydroxyl groups excluding tert-OH is 1. The summed E-state index contributed by atoms with van der Waals surface area (Å²) >= 11 is 0. The zero-order valence-electron chi connectivity index (χ0n) is 9.27. The number of nitrogens with one attached hydrogen (secondary N) is 1. The molecule has 0 saturated heterocycles. The van der Waals surface area contributed by atoms with Crippen LogP contribution in [0.15, 0.2) is 12.4 Å². The standard InChI is InChI=1S/C10H17N3O2/c1-7(2)15-10-4-9(11-6-12-10)13-8(3)5-14/h4,6-8,14H,5H2,1-3H3,(H,11,12,13). The van der Waals surface area contributed by atoms with Gasteiger partial charge in [-0.2, -0.15) is 0 Å². The molecule has 5 heteroatoms. The van der Waals surface area contributed by atoms with Gasteiger partial charge in [0.2, 0.25) is 5.88 Å². The predicted octanol–water partition coefficient (Wildman–Crippen LogP) is 1.06. The topological polar surface area (TPSA) is 67.3 Å². The minimum absolute atomic E-state index is 0.0354. The third kappa shape index (κ3) is 4.12. The lowest BCUT2D eigenvalue weighted by atomic mass is 10.3. The van der Waals surface area contributed by atoms with Crippen LogP contribution in [-0.2, 0) is 0 Å². The van der Waals surface area contributed by atoms with Crippen molar-refractivity contribution in [3.8, 4) is 5.88 Å². The van der Waals surface area contributed by atoms with Gasteiger partial charge < -0.3 is 15.2 Å². The molecule has 0 aliphatic heterocycles. The van der Waals surface area contributed by atoms with Gasteiger partial charge in [-0.15, -0.1) is 0 Å². The number of hydrogen-bond acceptors (Lipinski definition) is 5. The van der Waals surface area contributed by atoms with Crippen LogP contribution in [0.2, 0.25) is 0 Å². The molecule has 1 aromatic rings. The van der Waals surface area contributed by atoms with Gasteiger partial charge >= 0.3 is 0 Å². The van der Waals surface area contributed by atoms with Crippen LogP contribution >= 0.6 is 0 Å². The minimum Gasteiger partial charge on any atom is -0.475 e. The molecule has 15 heavy (non-hydrogen) atoms. The highest BCUT2D eigenvalue weighted by atomic mass is 16.5. The second kappa shape index (κ2) is 5.50. The van der Waals surface area contributed by atoms with Crippen LogP contribution in [0.3, 0.4) is 0 Å². The fourth-order valence-corrected chi connectivity index (χ4v) is 1.02. The summed E-state index contributed by atoms with van der Waals surface area (Å²) in [6, 6.07) is 1.68. The van der Waals surface area contributed by atoms with Crippen molar-refractivity contribution in [2.24, 2.45) is 0 Å². The van der Waals surface area contributed by atoms with Crippen LogP contribution in [0.4, 0.5) is 5.82 Å². The van der Waals surface area contributed by atoms with E-state index in [9.17, 15) is 0 Å². The van der Waals surface area contributed by atoms with E-state index in [1.807, 2.05) is 20.8 Å². The number of ether oxygens (including phenoxy) is 1. The second-order valence-electron chi connectivity index (χ2n) is 3.64. The number of rotatable bonds is 5. The highest BCUT2D eigenvalue weighted by molar-refractivity contribution is 5.37. The highest BCUT2D eigenvalue weighted by Crippen LogP contribution is 2.12. The van der Waals surface area contributed by atoms with Gasteiger partial charge in [0.05, 0.1) is 12.7 Å². The molecule has 2 N–H and O–H groups in total. The van der Waals surface area contributed by atoms with Crippen molar-refractivity contribution >= 4 is 5.82 Å². The maximum Gasteiger partial charge on any atom is 0.218 e. The van der Waals surface area contributed by atoms with E-state index < -0.39 is 0 Å². The van der Waals surface area contributed by atoms with E-state index in [1.54, 1.807) is 6.07 Å². The zero-order chi connectivity index (χ0) is 11.3. The van der Waals surface area contributed by atoms with E-state index in [0.717, 1.165) is 0 Å². The summed E-state index contributed by atoms with van der Waals surface area (Å²) in [5.74, 6) is 1.19. The lowest BCUT2D eigenvalue weighted by Gasteiger charge is -2.13. The molecule has 1 heterocycles. The lowest BCUT2D eigenvalue weighted by molar-refractivity contribution is 0.232. The van der Waals surface area contributed by atoms with Crippen LogP contribution in [0.5, 0.6) is 5.88 Å². The Hall–Kier alpha value is -1.36. The Morgan fingerprint density at radius 1 is 1.40 bits per heavy atom.